The van der Waals surface area contributed by atoms with Gasteiger partial charge < -0.3 is 45.1 Å². The summed E-state index contributed by atoms with van der Waals surface area (Å²) in [4.78, 5) is 25.0. The molecule has 1 rings (SSSR count). The monoisotopic (exact) mass is 878 g/mol. The molecule has 11 heteroatoms. The molecule has 1 heterocycles. The number of hydrogen-bond donors (Lipinski definition) is 6. The highest BCUT2D eigenvalue weighted by molar-refractivity contribution is 5.76. The Morgan fingerprint density at radius 2 is 1.06 bits per heavy atom. The molecule has 0 spiro atoms. The third kappa shape index (κ3) is 31.5. The summed E-state index contributed by atoms with van der Waals surface area (Å²) >= 11 is 0. The Balaban J connectivity index is 2.24. The fourth-order valence-electron chi connectivity index (χ4n) is 7.30. The first-order chi connectivity index (χ1) is 30.2. The van der Waals surface area contributed by atoms with Crippen LogP contribution >= 0.6 is 0 Å². The van der Waals surface area contributed by atoms with Gasteiger partial charge in [0.25, 0.3) is 0 Å². The van der Waals surface area contributed by atoms with E-state index in [1.54, 1.807) is 6.08 Å². The van der Waals surface area contributed by atoms with Crippen molar-refractivity contribution in [3.63, 3.8) is 0 Å². The van der Waals surface area contributed by atoms with Gasteiger partial charge in [-0.2, -0.15) is 0 Å². The van der Waals surface area contributed by atoms with Crippen LogP contribution in [0.2, 0.25) is 0 Å². The summed E-state index contributed by atoms with van der Waals surface area (Å²) in [5.74, 6) is -0.282. The van der Waals surface area contributed by atoms with Gasteiger partial charge in [-0.05, 0) is 96.3 Å². The minimum Gasteiger partial charge on any atom is -0.466 e. The Hall–Kier alpha value is -2.38. The normalized spacial score (nSPS) is 20.5. The lowest BCUT2D eigenvalue weighted by Gasteiger charge is -2.40. The smallest absolute Gasteiger partial charge is 0.305 e. The van der Waals surface area contributed by atoms with E-state index >= 15 is 0 Å². The average Bonchev–Trinajstić information content (AvgIpc) is 3.27. The Morgan fingerprint density at radius 1 is 0.581 bits per heavy atom. The summed E-state index contributed by atoms with van der Waals surface area (Å²) < 4.78 is 16.6. The molecule has 0 aromatic carbocycles. The van der Waals surface area contributed by atoms with Crippen LogP contribution in [0.4, 0.5) is 0 Å². The van der Waals surface area contributed by atoms with E-state index in [0.717, 1.165) is 89.9 Å². The molecule has 1 aliphatic rings. The van der Waals surface area contributed by atoms with Gasteiger partial charge in [0, 0.05) is 12.8 Å². The summed E-state index contributed by atoms with van der Waals surface area (Å²) in [7, 11) is 0. The summed E-state index contributed by atoms with van der Waals surface area (Å²) in [6, 6.07) is -0.846. The van der Waals surface area contributed by atoms with Crippen molar-refractivity contribution in [1.82, 2.24) is 5.32 Å². The maximum absolute atomic E-state index is 13.0. The van der Waals surface area contributed by atoms with E-state index in [1.807, 2.05) is 6.08 Å². The highest BCUT2D eigenvalue weighted by atomic mass is 16.7. The molecular weight excluding hydrogens is 787 g/mol. The van der Waals surface area contributed by atoms with Gasteiger partial charge in [0.05, 0.1) is 32.0 Å². The number of hydrogen-bond acceptors (Lipinski definition) is 10. The first-order valence-electron chi connectivity index (χ1n) is 24.9. The first kappa shape index (κ1) is 57.6. The Kier molecular flexibility index (Phi) is 38.4. The van der Waals surface area contributed by atoms with E-state index in [9.17, 15) is 35.1 Å². The molecule has 1 amide bonds. The quantitative estimate of drug-likeness (QED) is 0.0197. The maximum Gasteiger partial charge on any atom is 0.305 e. The van der Waals surface area contributed by atoms with E-state index < -0.39 is 49.5 Å². The number of carbonyl (C=O) groups is 2. The average molecular weight is 878 g/mol. The third-order valence-corrected chi connectivity index (χ3v) is 11.4. The molecule has 360 valence electrons. The molecule has 0 aliphatic carbocycles. The Bertz CT molecular complexity index is 1170. The largest absolute Gasteiger partial charge is 0.466 e. The number of unbranched alkanes of at least 4 members (excludes halogenated alkanes) is 21. The molecule has 0 aromatic heterocycles. The van der Waals surface area contributed by atoms with Crippen molar-refractivity contribution in [2.24, 2.45) is 0 Å². The molecule has 7 unspecified atom stereocenters. The van der Waals surface area contributed by atoms with Gasteiger partial charge in [-0.1, -0.05) is 140 Å². The van der Waals surface area contributed by atoms with E-state index in [4.69, 9.17) is 14.2 Å². The SMILES string of the molecule is CCCC/C=C\CCCCCCCC(=O)OCCCCC/C=C\CCCCCCCC(=O)NC(COC1OC(CO)C(O)C(O)C1O)C(O)/C=C/CC/C=C/CCCCCCC. The van der Waals surface area contributed by atoms with Crippen molar-refractivity contribution < 1.29 is 49.3 Å². The second-order valence-corrected chi connectivity index (χ2v) is 17.1. The minimum absolute atomic E-state index is 0.0603. The number of esters is 1. The predicted molar refractivity (Wildman–Crippen MR) is 250 cm³/mol. The summed E-state index contributed by atoms with van der Waals surface area (Å²) in [5.41, 5.74) is 0. The molecule has 1 fully saturated rings. The molecule has 0 saturated carbocycles. The molecular formula is C51H91NO10. The first-order valence-corrected chi connectivity index (χ1v) is 24.9. The molecule has 7 atom stereocenters. The van der Waals surface area contributed by atoms with E-state index in [-0.39, 0.29) is 18.5 Å². The topological polar surface area (TPSA) is 175 Å². The minimum atomic E-state index is -1.59. The lowest BCUT2D eigenvalue weighted by Crippen LogP contribution is -2.60. The summed E-state index contributed by atoms with van der Waals surface area (Å²) in [5, 5.41) is 54.1. The highest BCUT2D eigenvalue weighted by Gasteiger charge is 2.44. The molecule has 1 aliphatic heterocycles. The number of carbonyl (C=O) groups excluding carboxylic acids is 2. The van der Waals surface area contributed by atoms with Crippen LogP contribution < -0.4 is 5.32 Å². The van der Waals surface area contributed by atoms with Crippen molar-refractivity contribution in [1.29, 1.82) is 0 Å². The van der Waals surface area contributed by atoms with Crippen LogP contribution in [-0.4, -0.2) is 100 Å². The number of aliphatic hydroxyl groups is 5. The standard InChI is InChI=1S/C51H91NO10/c1-3-5-7-9-11-13-17-21-25-29-33-37-44(54)43(42-61-51-50(59)49(58)48(57)45(41-53)62-51)52-46(55)38-34-30-26-22-19-15-16-20-24-28-32-36-40-60-47(56)39-35-31-27-23-18-14-12-10-8-6-4-2/h10,12,16-17,20-21,33,37,43-45,48-51,53-54,57-59H,3-9,11,13-15,18-19,22-32,34-36,38-42H2,1-2H3,(H,52,55)/b12-10-,20-16-,21-17+,37-33+. The highest BCUT2D eigenvalue weighted by Crippen LogP contribution is 2.22. The van der Waals surface area contributed by atoms with Crippen molar-refractivity contribution in [3.8, 4) is 0 Å². The van der Waals surface area contributed by atoms with Crippen molar-refractivity contribution in [3.05, 3.63) is 48.6 Å². The second kappa shape index (κ2) is 41.3. The van der Waals surface area contributed by atoms with Crippen LogP contribution in [-0.2, 0) is 23.8 Å². The predicted octanol–water partition coefficient (Wildman–Crippen LogP) is 9.77. The number of nitrogens with one attached hydrogen (secondary N) is 1. The van der Waals surface area contributed by atoms with Crippen molar-refractivity contribution in [2.45, 2.75) is 243 Å². The van der Waals surface area contributed by atoms with Gasteiger partial charge in [0.1, 0.15) is 24.4 Å². The van der Waals surface area contributed by atoms with Gasteiger partial charge in [0.15, 0.2) is 6.29 Å². The molecule has 0 bridgehead atoms. The lowest BCUT2D eigenvalue weighted by atomic mass is 9.99. The molecule has 1 saturated heterocycles. The van der Waals surface area contributed by atoms with Crippen LogP contribution in [0.25, 0.3) is 0 Å². The number of ether oxygens (including phenoxy) is 3. The van der Waals surface area contributed by atoms with E-state index in [0.29, 0.717) is 25.9 Å². The van der Waals surface area contributed by atoms with E-state index in [2.05, 4.69) is 55.6 Å². The van der Waals surface area contributed by atoms with Crippen LogP contribution in [0.15, 0.2) is 48.6 Å². The fourth-order valence-corrected chi connectivity index (χ4v) is 7.30. The Morgan fingerprint density at radius 3 is 1.65 bits per heavy atom. The van der Waals surface area contributed by atoms with Gasteiger partial charge >= 0.3 is 5.97 Å². The fraction of sp³-hybridized carbons (Fsp3) is 0.804. The van der Waals surface area contributed by atoms with Crippen LogP contribution in [0.3, 0.4) is 0 Å². The Labute approximate surface area is 376 Å². The number of amides is 1. The second-order valence-electron chi connectivity index (χ2n) is 17.1. The number of rotatable bonds is 41. The summed E-state index contributed by atoms with van der Waals surface area (Å²) in [6.45, 7) is 4.15. The van der Waals surface area contributed by atoms with E-state index in [1.165, 1.54) is 77.0 Å². The lowest BCUT2D eigenvalue weighted by molar-refractivity contribution is -0.302. The van der Waals surface area contributed by atoms with Crippen LogP contribution in [0.1, 0.15) is 200 Å². The molecule has 0 aromatic rings. The van der Waals surface area contributed by atoms with Gasteiger partial charge in [-0.25, -0.2) is 0 Å². The van der Waals surface area contributed by atoms with Crippen LogP contribution in [0.5, 0.6) is 0 Å². The van der Waals surface area contributed by atoms with Crippen molar-refractivity contribution in [2.75, 3.05) is 19.8 Å². The number of aliphatic hydroxyl groups excluding tert-OH is 5. The molecule has 6 N–H and O–H groups in total. The van der Waals surface area contributed by atoms with Gasteiger partial charge in [0.2, 0.25) is 5.91 Å². The maximum atomic E-state index is 13.0. The molecule has 62 heavy (non-hydrogen) atoms. The van der Waals surface area contributed by atoms with Gasteiger partial charge in [-0.15, -0.1) is 0 Å². The summed E-state index contributed by atoms with van der Waals surface area (Å²) in [6.07, 6.45) is 39.0. The number of allylic oxidation sites excluding steroid dienone is 7. The third-order valence-electron chi connectivity index (χ3n) is 11.4. The van der Waals surface area contributed by atoms with Crippen molar-refractivity contribution >= 4 is 11.9 Å². The zero-order valence-corrected chi connectivity index (χ0v) is 39.1. The molecule has 0 radical (unpaired) electrons. The zero-order chi connectivity index (χ0) is 45.3. The van der Waals surface area contributed by atoms with Gasteiger partial charge in [-0.3, -0.25) is 9.59 Å². The van der Waals surface area contributed by atoms with Crippen LogP contribution in [0, 0.1) is 0 Å². The molecule has 11 nitrogen and oxygen atoms in total. The zero-order valence-electron chi connectivity index (χ0n) is 39.1.